The second-order valence-electron chi connectivity index (χ2n) is 4.91. The average molecular weight is 279 g/mol. The number of aliphatic carboxylic acids is 1. The number of nitrogens with one attached hydrogen (secondary N) is 1. The van der Waals surface area contributed by atoms with Gasteiger partial charge in [0.15, 0.2) is 0 Å². The van der Waals surface area contributed by atoms with Gasteiger partial charge in [0.1, 0.15) is 5.54 Å². The van der Waals surface area contributed by atoms with Gasteiger partial charge in [0.05, 0.1) is 0 Å². The summed E-state index contributed by atoms with van der Waals surface area (Å²) in [6.45, 7) is 5.52. The first kappa shape index (κ1) is 15.9. The van der Waals surface area contributed by atoms with E-state index in [1.807, 2.05) is 18.2 Å². The van der Waals surface area contributed by atoms with Gasteiger partial charge in [-0.15, -0.1) is 0 Å². The zero-order valence-electron chi connectivity index (χ0n) is 12.1. The molecule has 1 aromatic rings. The highest BCUT2D eigenvalue weighted by atomic mass is 16.4. The van der Waals surface area contributed by atoms with Crippen LogP contribution in [0.4, 0.5) is 4.79 Å². The fourth-order valence-corrected chi connectivity index (χ4v) is 1.85. The van der Waals surface area contributed by atoms with Gasteiger partial charge in [-0.25, -0.2) is 9.59 Å². The van der Waals surface area contributed by atoms with Crippen LogP contribution in [0.15, 0.2) is 24.4 Å². The lowest BCUT2D eigenvalue weighted by atomic mass is 10.0. The van der Waals surface area contributed by atoms with Gasteiger partial charge in [-0.3, -0.25) is 4.98 Å². The standard InChI is InChI=1S/C14H21N3O3/c1-4-17(14(2,3)12(18)19)13(20)16-10-8-11-7-5-6-9-15-11/h5-7,9H,4,8,10H2,1-3H3,(H,16,20)(H,18,19). The fraction of sp³-hybridized carbons (Fsp3) is 0.500. The predicted octanol–water partition coefficient (Wildman–Crippen LogP) is 1.52. The molecule has 2 amide bonds. The van der Waals surface area contributed by atoms with Gasteiger partial charge in [0.2, 0.25) is 0 Å². The molecule has 2 N–H and O–H groups in total. The van der Waals surface area contributed by atoms with Crippen LogP contribution < -0.4 is 5.32 Å². The number of carboxylic acids is 1. The summed E-state index contributed by atoms with van der Waals surface area (Å²) in [7, 11) is 0. The number of pyridine rings is 1. The molecular weight excluding hydrogens is 258 g/mol. The van der Waals surface area contributed by atoms with Crippen molar-refractivity contribution in [2.45, 2.75) is 32.7 Å². The summed E-state index contributed by atoms with van der Waals surface area (Å²) in [5.74, 6) is -1.03. The summed E-state index contributed by atoms with van der Waals surface area (Å²) in [6.07, 6.45) is 2.31. The normalized spacial score (nSPS) is 10.9. The highest BCUT2D eigenvalue weighted by Crippen LogP contribution is 2.14. The maximum absolute atomic E-state index is 12.0. The molecule has 0 saturated carbocycles. The molecule has 0 aliphatic heterocycles. The van der Waals surface area contributed by atoms with Gasteiger partial charge < -0.3 is 15.3 Å². The first-order valence-electron chi connectivity index (χ1n) is 6.58. The van der Waals surface area contributed by atoms with Gasteiger partial charge in [0.25, 0.3) is 0 Å². The van der Waals surface area contributed by atoms with E-state index in [1.54, 1.807) is 13.1 Å². The molecule has 6 nitrogen and oxygen atoms in total. The number of hydrogen-bond donors (Lipinski definition) is 2. The van der Waals surface area contributed by atoms with Crippen molar-refractivity contribution in [3.63, 3.8) is 0 Å². The van der Waals surface area contributed by atoms with Gasteiger partial charge in [0, 0.05) is 31.4 Å². The zero-order valence-corrected chi connectivity index (χ0v) is 12.1. The molecular formula is C14H21N3O3. The monoisotopic (exact) mass is 279 g/mol. The van der Waals surface area contributed by atoms with Gasteiger partial charge >= 0.3 is 12.0 Å². The molecule has 0 saturated heterocycles. The molecule has 0 spiro atoms. The number of rotatable bonds is 6. The van der Waals surface area contributed by atoms with Crippen molar-refractivity contribution in [1.82, 2.24) is 15.2 Å². The van der Waals surface area contributed by atoms with Crippen LogP contribution in [0.3, 0.4) is 0 Å². The quantitative estimate of drug-likeness (QED) is 0.827. The van der Waals surface area contributed by atoms with Crippen molar-refractivity contribution in [2.75, 3.05) is 13.1 Å². The molecule has 6 heteroatoms. The van der Waals surface area contributed by atoms with Crippen LogP contribution in [0.2, 0.25) is 0 Å². The average Bonchev–Trinajstić information content (AvgIpc) is 2.40. The van der Waals surface area contributed by atoms with Crippen molar-refractivity contribution in [1.29, 1.82) is 0 Å². The minimum atomic E-state index is -1.23. The Morgan fingerprint density at radius 2 is 2.10 bits per heavy atom. The number of urea groups is 1. The third-order valence-corrected chi connectivity index (χ3v) is 3.14. The van der Waals surface area contributed by atoms with Crippen LogP contribution >= 0.6 is 0 Å². The number of amides is 2. The molecule has 0 aliphatic carbocycles. The third kappa shape index (κ3) is 3.94. The Kier molecular flexibility index (Phi) is 5.49. The second-order valence-corrected chi connectivity index (χ2v) is 4.91. The Labute approximate surface area is 118 Å². The predicted molar refractivity (Wildman–Crippen MR) is 75.4 cm³/mol. The molecule has 20 heavy (non-hydrogen) atoms. The van der Waals surface area contributed by atoms with Crippen LogP contribution in [0.5, 0.6) is 0 Å². The Hall–Kier alpha value is -2.11. The van der Waals surface area contributed by atoms with E-state index in [-0.39, 0.29) is 6.03 Å². The lowest BCUT2D eigenvalue weighted by Crippen LogP contribution is -2.56. The van der Waals surface area contributed by atoms with E-state index >= 15 is 0 Å². The van der Waals surface area contributed by atoms with E-state index < -0.39 is 11.5 Å². The lowest BCUT2D eigenvalue weighted by Gasteiger charge is -2.34. The number of carbonyl (C=O) groups is 2. The van der Waals surface area contributed by atoms with Gasteiger partial charge in [-0.05, 0) is 32.9 Å². The minimum Gasteiger partial charge on any atom is -0.480 e. The second kappa shape index (κ2) is 6.88. The summed E-state index contributed by atoms with van der Waals surface area (Å²) in [5.41, 5.74) is -0.350. The molecule has 0 aromatic carbocycles. The summed E-state index contributed by atoms with van der Waals surface area (Å²) < 4.78 is 0. The van der Waals surface area contributed by atoms with Crippen LogP contribution in [-0.2, 0) is 11.2 Å². The summed E-state index contributed by atoms with van der Waals surface area (Å²) in [5, 5.41) is 11.9. The van der Waals surface area contributed by atoms with E-state index in [9.17, 15) is 9.59 Å². The van der Waals surface area contributed by atoms with Crippen molar-refractivity contribution < 1.29 is 14.7 Å². The maximum atomic E-state index is 12.0. The first-order chi connectivity index (χ1) is 9.39. The fourth-order valence-electron chi connectivity index (χ4n) is 1.85. The summed E-state index contributed by atoms with van der Waals surface area (Å²) >= 11 is 0. The molecule has 1 rings (SSSR count). The number of likely N-dealkylation sites (N-methyl/N-ethyl adjacent to an activating group) is 1. The Morgan fingerprint density at radius 3 is 2.60 bits per heavy atom. The largest absolute Gasteiger partial charge is 0.480 e. The zero-order chi connectivity index (χ0) is 15.2. The minimum absolute atomic E-state index is 0.328. The number of carboxylic acid groups (broad SMARTS) is 1. The molecule has 0 radical (unpaired) electrons. The molecule has 0 bridgehead atoms. The highest BCUT2D eigenvalue weighted by Gasteiger charge is 2.36. The third-order valence-electron chi connectivity index (χ3n) is 3.14. The SMILES string of the molecule is CCN(C(=O)NCCc1ccccn1)C(C)(C)C(=O)O. The van der Waals surface area contributed by atoms with Crippen LogP contribution in [-0.4, -0.2) is 45.6 Å². The molecule has 0 fully saturated rings. The van der Waals surface area contributed by atoms with E-state index in [4.69, 9.17) is 5.11 Å². The number of hydrogen-bond acceptors (Lipinski definition) is 3. The van der Waals surface area contributed by atoms with Crippen LogP contribution in [0, 0.1) is 0 Å². The number of aromatic nitrogens is 1. The van der Waals surface area contributed by atoms with Crippen molar-refractivity contribution in [2.24, 2.45) is 0 Å². The number of nitrogens with zero attached hydrogens (tertiary/aromatic N) is 2. The van der Waals surface area contributed by atoms with Gasteiger partial charge in [-0.2, -0.15) is 0 Å². The van der Waals surface area contributed by atoms with E-state index in [0.717, 1.165) is 5.69 Å². The lowest BCUT2D eigenvalue weighted by molar-refractivity contribution is -0.147. The number of carbonyl (C=O) groups excluding carboxylic acids is 1. The molecule has 0 atom stereocenters. The molecule has 0 aliphatic rings. The molecule has 1 heterocycles. The Balaban J connectivity index is 2.54. The molecule has 1 aromatic heterocycles. The van der Waals surface area contributed by atoms with Crippen molar-refractivity contribution in [3.8, 4) is 0 Å². The Morgan fingerprint density at radius 1 is 1.40 bits per heavy atom. The Bertz CT molecular complexity index is 460. The van der Waals surface area contributed by atoms with Crippen LogP contribution in [0.25, 0.3) is 0 Å². The van der Waals surface area contributed by atoms with Gasteiger partial charge in [-0.1, -0.05) is 6.07 Å². The highest BCUT2D eigenvalue weighted by molar-refractivity contribution is 5.85. The molecule has 110 valence electrons. The summed E-state index contributed by atoms with van der Waals surface area (Å²) in [6, 6.07) is 5.22. The van der Waals surface area contributed by atoms with Crippen LogP contribution in [0.1, 0.15) is 26.5 Å². The van der Waals surface area contributed by atoms with E-state index in [0.29, 0.717) is 19.5 Å². The maximum Gasteiger partial charge on any atom is 0.329 e. The van der Waals surface area contributed by atoms with Crippen molar-refractivity contribution in [3.05, 3.63) is 30.1 Å². The first-order valence-corrected chi connectivity index (χ1v) is 6.58. The topological polar surface area (TPSA) is 82.5 Å². The van der Waals surface area contributed by atoms with E-state index in [2.05, 4.69) is 10.3 Å². The van der Waals surface area contributed by atoms with Crippen molar-refractivity contribution >= 4 is 12.0 Å². The molecule has 0 unspecified atom stereocenters. The van der Waals surface area contributed by atoms with E-state index in [1.165, 1.54) is 18.7 Å². The smallest absolute Gasteiger partial charge is 0.329 e. The summed E-state index contributed by atoms with van der Waals surface area (Å²) in [4.78, 5) is 28.7.